The molecule has 0 bridgehead atoms. The quantitative estimate of drug-likeness (QED) is 0.219. The van der Waals surface area contributed by atoms with Crippen LogP contribution in [0.15, 0.2) is 89.9 Å². The molecule has 1 saturated heterocycles. The van der Waals surface area contributed by atoms with Crippen molar-refractivity contribution in [3.8, 4) is 23.0 Å². The lowest BCUT2D eigenvalue weighted by atomic mass is 9.95. The van der Waals surface area contributed by atoms with E-state index in [1.54, 1.807) is 54.0 Å². The molecule has 3 heterocycles. The van der Waals surface area contributed by atoms with Crippen LogP contribution in [0.5, 0.6) is 23.0 Å². The molecule has 0 radical (unpaired) electrons. The minimum Gasteiger partial charge on any atom is -0.507 e. The summed E-state index contributed by atoms with van der Waals surface area (Å²) in [7, 11) is 0. The van der Waals surface area contributed by atoms with Crippen LogP contribution in [0.4, 0.5) is 5.13 Å². The number of nitrogens with zero attached hydrogens (tertiary/aromatic N) is 2. The van der Waals surface area contributed by atoms with E-state index in [1.165, 1.54) is 16.2 Å². The third-order valence-electron chi connectivity index (χ3n) is 6.04. The number of ketones is 1. The molecule has 0 saturated carbocycles. The average molecular weight is 513 g/mol. The van der Waals surface area contributed by atoms with Crippen molar-refractivity contribution in [2.45, 2.75) is 6.04 Å². The molecule has 9 heteroatoms. The Morgan fingerprint density at radius 1 is 0.946 bits per heavy atom. The summed E-state index contributed by atoms with van der Waals surface area (Å²) in [6.07, 6.45) is 1.56. The number of anilines is 1. The first kappa shape index (κ1) is 22.8. The molecule has 37 heavy (non-hydrogen) atoms. The molecule has 2 aliphatic rings. The summed E-state index contributed by atoms with van der Waals surface area (Å²) in [4.78, 5) is 32.2. The fraction of sp³-hybridized carbons (Fsp3) is 0.107. The number of Topliss-reactive ketones (excluding diaryl/α,β-unsaturated/α-hetero) is 1. The molecule has 1 aromatic heterocycles. The molecule has 3 aromatic carbocycles. The van der Waals surface area contributed by atoms with Gasteiger partial charge in [-0.05, 0) is 48.0 Å². The van der Waals surface area contributed by atoms with Crippen molar-refractivity contribution >= 4 is 33.9 Å². The van der Waals surface area contributed by atoms with Gasteiger partial charge >= 0.3 is 5.91 Å². The molecule has 4 aromatic rings. The number of aliphatic hydroxyl groups is 1. The van der Waals surface area contributed by atoms with Gasteiger partial charge in [0, 0.05) is 17.1 Å². The Labute approximate surface area is 216 Å². The van der Waals surface area contributed by atoms with Gasteiger partial charge < -0.3 is 19.3 Å². The summed E-state index contributed by atoms with van der Waals surface area (Å²) in [6.45, 7) is 0.804. The van der Waals surface area contributed by atoms with Crippen LogP contribution < -0.4 is 19.1 Å². The zero-order valence-corrected chi connectivity index (χ0v) is 20.2. The predicted octanol–water partition coefficient (Wildman–Crippen LogP) is 5.33. The monoisotopic (exact) mass is 512 g/mol. The molecule has 1 N–H and O–H groups in total. The molecule has 184 valence electrons. The number of hydrogen-bond acceptors (Lipinski definition) is 8. The molecule has 0 aliphatic carbocycles. The lowest BCUT2D eigenvalue weighted by Gasteiger charge is -2.23. The van der Waals surface area contributed by atoms with Gasteiger partial charge in [-0.1, -0.05) is 30.3 Å². The minimum absolute atomic E-state index is 0.0475. The van der Waals surface area contributed by atoms with E-state index in [-0.39, 0.29) is 11.3 Å². The van der Waals surface area contributed by atoms with Gasteiger partial charge in [0.15, 0.2) is 16.6 Å². The number of aliphatic hydroxyl groups excluding tert-OH is 1. The summed E-state index contributed by atoms with van der Waals surface area (Å²) in [5.74, 6) is 0.286. The van der Waals surface area contributed by atoms with E-state index < -0.39 is 17.7 Å². The summed E-state index contributed by atoms with van der Waals surface area (Å²) >= 11 is 1.23. The first-order valence-electron chi connectivity index (χ1n) is 11.5. The highest BCUT2D eigenvalue weighted by atomic mass is 32.1. The summed E-state index contributed by atoms with van der Waals surface area (Å²) < 4.78 is 17.2. The van der Waals surface area contributed by atoms with E-state index >= 15 is 0 Å². The van der Waals surface area contributed by atoms with Crippen LogP contribution in [-0.4, -0.2) is 35.0 Å². The SMILES string of the molecule is O=C1C(=O)N(c2nccs2)C(c2cccc(Oc3ccccc3)c2)C1=C(O)c1ccc2c(c1)OCCO2. The van der Waals surface area contributed by atoms with Crippen molar-refractivity contribution < 1.29 is 28.9 Å². The zero-order chi connectivity index (χ0) is 25.4. The topological polar surface area (TPSA) is 98.2 Å². The second kappa shape index (κ2) is 9.44. The van der Waals surface area contributed by atoms with Gasteiger partial charge in [-0.25, -0.2) is 4.98 Å². The molecule has 1 amide bonds. The predicted molar refractivity (Wildman–Crippen MR) is 137 cm³/mol. The maximum absolute atomic E-state index is 13.4. The average Bonchev–Trinajstić information content (AvgIpc) is 3.55. The summed E-state index contributed by atoms with van der Waals surface area (Å²) in [5.41, 5.74) is 0.874. The van der Waals surface area contributed by atoms with E-state index in [9.17, 15) is 14.7 Å². The number of thiazole rings is 1. The van der Waals surface area contributed by atoms with Gasteiger partial charge in [-0.2, -0.15) is 0 Å². The molecule has 0 spiro atoms. The first-order chi connectivity index (χ1) is 18.1. The van der Waals surface area contributed by atoms with Crippen LogP contribution in [0.2, 0.25) is 0 Å². The second-order valence-corrected chi connectivity index (χ2v) is 9.20. The highest BCUT2D eigenvalue weighted by Gasteiger charge is 2.48. The highest BCUT2D eigenvalue weighted by molar-refractivity contribution is 7.14. The molecule has 8 nitrogen and oxygen atoms in total. The maximum Gasteiger partial charge on any atom is 0.301 e. The van der Waals surface area contributed by atoms with Crippen LogP contribution >= 0.6 is 11.3 Å². The molecule has 1 unspecified atom stereocenters. The fourth-order valence-electron chi connectivity index (χ4n) is 4.40. The number of rotatable bonds is 5. The van der Waals surface area contributed by atoms with Crippen LogP contribution in [-0.2, 0) is 9.59 Å². The maximum atomic E-state index is 13.4. The van der Waals surface area contributed by atoms with Gasteiger partial charge in [-0.15, -0.1) is 11.3 Å². The highest BCUT2D eigenvalue weighted by Crippen LogP contribution is 2.44. The normalized spacial score (nSPS) is 18.2. The Morgan fingerprint density at radius 2 is 1.73 bits per heavy atom. The lowest BCUT2D eigenvalue weighted by Crippen LogP contribution is -2.29. The number of carbonyl (C=O) groups is 2. The van der Waals surface area contributed by atoms with Gasteiger partial charge in [0.05, 0.1) is 11.6 Å². The number of hydrogen-bond donors (Lipinski definition) is 1. The number of benzene rings is 3. The molecule has 1 atom stereocenters. The van der Waals surface area contributed by atoms with Crippen molar-refractivity contribution in [3.05, 3.63) is 101 Å². The van der Waals surface area contributed by atoms with E-state index in [0.29, 0.717) is 52.5 Å². The Hall–Kier alpha value is -4.63. The van der Waals surface area contributed by atoms with Crippen molar-refractivity contribution in [1.29, 1.82) is 0 Å². The van der Waals surface area contributed by atoms with Gasteiger partial charge in [-0.3, -0.25) is 14.5 Å². The summed E-state index contributed by atoms with van der Waals surface area (Å²) in [5, 5.41) is 13.5. The molecular formula is C28H20N2O6S. The van der Waals surface area contributed by atoms with E-state index in [1.807, 2.05) is 30.3 Å². The Bertz CT molecular complexity index is 1520. The van der Waals surface area contributed by atoms with Crippen LogP contribution in [0.25, 0.3) is 5.76 Å². The van der Waals surface area contributed by atoms with Crippen molar-refractivity contribution in [2.75, 3.05) is 18.1 Å². The smallest absolute Gasteiger partial charge is 0.301 e. The van der Waals surface area contributed by atoms with Crippen molar-refractivity contribution in [3.63, 3.8) is 0 Å². The molecule has 6 rings (SSSR count). The molecule has 1 fully saturated rings. The Morgan fingerprint density at radius 3 is 2.51 bits per heavy atom. The number of carbonyl (C=O) groups excluding carboxylic acids is 2. The number of amides is 1. The van der Waals surface area contributed by atoms with E-state index in [0.717, 1.165) is 0 Å². The zero-order valence-electron chi connectivity index (χ0n) is 19.4. The Kier molecular flexibility index (Phi) is 5.82. The number of aromatic nitrogens is 1. The van der Waals surface area contributed by atoms with Crippen molar-refractivity contribution in [1.82, 2.24) is 4.98 Å². The third kappa shape index (κ3) is 4.19. The van der Waals surface area contributed by atoms with Crippen LogP contribution in [0, 0.1) is 0 Å². The van der Waals surface area contributed by atoms with E-state index in [2.05, 4.69) is 4.98 Å². The number of fused-ring (bicyclic) bond motifs is 1. The standard InChI is InChI=1S/C28H20N2O6S/c31-25(18-9-10-21-22(16-18)35-13-12-34-21)23-24(30(27(33)26(23)32)28-29-11-14-37-28)17-5-4-8-20(15-17)36-19-6-2-1-3-7-19/h1-11,14-16,24,31H,12-13H2. The van der Waals surface area contributed by atoms with Crippen LogP contribution in [0.1, 0.15) is 17.2 Å². The largest absolute Gasteiger partial charge is 0.507 e. The second-order valence-electron chi connectivity index (χ2n) is 8.33. The first-order valence-corrected chi connectivity index (χ1v) is 12.4. The number of ether oxygens (including phenoxy) is 3. The number of para-hydroxylation sites is 1. The fourth-order valence-corrected chi connectivity index (χ4v) is 5.07. The molecular weight excluding hydrogens is 492 g/mol. The minimum atomic E-state index is -0.918. The van der Waals surface area contributed by atoms with Gasteiger partial charge in [0.2, 0.25) is 0 Å². The Balaban J connectivity index is 1.48. The van der Waals surface area contributed by atoms with Crippen LogP contribution in [0.3, 0.4) is 0 Å². The third-order valence-corrected chi connectivity index (χ3v) is 6.81. The summed E-state index contributed by atoms with van der Waals surface area (Å²) in [6, 6.07) is 20.4. The van der Waals surface area contributed by atoms with E-state index in [4.69, 9.17) is 14.2 Å². The van der Waals surface area contributed by atoms with Crippen molar-refractivity contribution in [2.24, 2.45) is 0 Å². The lowest BCUT2D eigenvalue weighted by molar-refractivity contribution is -0.132. The van der Waals surface area contributed by atoms with Gasteiger partial charge in [0.1, 0.15) is 30.5 Å². The molecule has 2 aliphatic heterocycles. The van der Waals surface area contributed by atoms with Gasteiger partial charge in [0.25, 0.3) is 5.78 Å².